The third kappa shape index (κ3) is 4.70. The van der Waals surface area contributed by atoms with Crippen molar-refractivity contribution in [1.29, 1.82) is 0 Å². The van der Waals surface area contributed by atoms with E-state index in [9.17, 15) is 9.59 Å². The molecule has 3 rings (SSSR count). The topological polar surface area (TPSA) is 61.9 Å². The average molecular weight is 366 g/mol. The number of nitrogens with one attached hydrogen (secondary N) is 1. The Hall–Kier alpha value is -1.30. The molecule has 0 radical (unpaired) electrons. The highest BCUT2D eigenvalue weighted by Gasteiger charge is 2.41. The summed E-state index contributed by atoms with van der Waals surface area (Å²) in [4.78, 5) is 28.2. The van der Waals surface area contributed by atoms with Gasteiger partial charge in [-0.25, -0.2) is 4.79 Å². The standard InChI is InChI=1S/C20H35N3O3/c1-3-22(4-2)19(25)23-12-9-20(10-13-23)15-16(8-14-26-20)7-11-21-18(24)17-5-6-17/h16-17H,3-15H2,1-2H3,(H,21,24). The second-order valence-corrected chi connectivity index (χ2v) is 8.19. The van der Waals surface area contributed by atoms with E-state index in [-0.39, 0.29) is 17.5 Å². The molecule has 1 atom stereocenters. The summed E-state index contributed by atoms with van der Waals surface area (Å²) < 4.78 is 6.21. The number of nitrogens with zero attached hydrogens (tertiary/aromatic N) is 2. The summed E-state index contributed by atoms with van der Waals surface area (Å²) in [6.07, 6.45) is 7.20. The third-order valence-electron chi connectivity index (χ3n) is 6.37. The predicted molar refractivity (Wildman–Crippen MR) is 101 cm³/mol. The Morgan fingerprint density at radius 3 is 2.46 bits per heavy atom. The minimum Gasteiger partial charge on any atom is -0.375 e. The third-order valence-corrected chi connectivity index (χ3v) is 6.37. The monoisotopic (exact) mass is 365 g/mol. The van der Waals surface area contributed by atoms with Crippen molar-refractivity contribution in [1.82, 2.24) is 15.1 Å². The molecule has 0 bridgehead atoms. The maximum Gasteiger partial charge on any atom is 0.319 e. The average Bonchev–Trinajstić information content (AvgIpc) is 3.49. The molecule has 1 spiro atoms. The quantitative estimate of drug-likeness (QED) is 0.787. The van der Waals surface area contributed by atoms with Gasteiger partial charge in [0.05, 0.1) is 5.60 Å². The van der Waals surface area contributed by atoms with Gasteiger partial charge in [0.15, 0.2) is 0 Å². The molecule has 0 aromatic heterocycles. The summed E-state index contributed by atoms with van der Waals surface area (Å²) >= 11 is 0. The molecule has 1 N–H and O–H groups in total. The second-order valence-electron chi connectivity index (χ2n) is 8.19. The molecule has 3 amide bonds. The first-order valence-electron chi connectivity index (χ1n) is 10.5. The molecule has 1 saturated carbocycles. The van der Waals surface area contributed by atoms with Crippen molar-refractivity contribution in [3.63, 3.8) is 0 Å². The van der Waals surface area contributed by atoms with E-state index in [0.29, 0.717) is 11.8 Å². The number of carbonyl (C=O) groups is 2. The van der Waals surface area contributed by atoms with E-state index >= 15 is 0 Å². The molecule has 3 fully saturated rings. The fraction of sp³-hybridized carbons (Fsp3) is 0.900. The first kappa shape index (κ1) is 19.5. The SMILES string of the molecule is CCN(CC)C(=O)N1CCC2(CC1)CC(CCNC(=O)C1CC1)CCO2. The van der Waals surface area contributed by atoms with Crippen LogP contribution in [0.1, 0.15) is 58.8 Å². The van der Waals surface area contributed by atoms with Crippen LogP contribution in [0, 0.1) is 11.8 Å². The van der Waals surface area contributed by atoms with Gasteiger partial charge >= 0.3 is 6.03 Å². The Balaban J connectivity index is 1.43. The van der Waals surface area contributed by atoms with Crippen molar-refractivity contribution < 1.29 is 14.3 Å². The molecule has 6 heteroatoms. The lowest BCUT2D eigenvalue weighted by Crippen LogP contribution is -2.53. The highest BCUT2D eigenvalue weighted by molar-refractivity contribution is 5.80. The van der Waals surface area contributed by atoms with Gasteiger partial charge in [-0.1, -0.05) is 0 Å². The summed E-state index contributed by atoms with van der Waals surface area (Å²) in [5.74, 6) is 1.16. The van der Waals surface area contributed by atoms with Crippen LogP contribution in [0.4, 0.5) is 4.79 Å². The Labute approximate surface area is 157 Å². The lowest BCUT2D eigenvalue weighted by Gasteiger charge is -2.46. The van der Waals surface area contributed by atoms with E-state index < -0.39 is 0 Å². The molecular weight excluding hydrogens is 330 g/mol. The molecule has 1 aliphatic carbocycles. The van der Waals surface area contributed by atoms with Crippen LogP contribution in [0.15, 0.2) is 0 Å². The second kappa shape index (κ2) is 8.59. The number of urea groups is 1. The zero-order chi connectivity index (χ0) is 18.6. The van der Waals surface area contributed by atoms with Gasteiger partial charge in [-0.3, -0.25) is 4.79 Å². The Kier molecular flexibility index (Phi) is 6.43. The van der Waals surface area contributed by atoms with E-state index in [1.54, 1.807) is 0 Å². The van der Waals surface area contributed by atoms with Crippen molar-refractivity contribution in [2.75, 3.05) is 39.3 Å². The van der Waals surface area contributed by atoms with Crippen LogP contribution in [-0.4, -0.2) is 66.7 Å². The van der Waals surface area contributed by atoms with Gasteiger partial charge in [0.1, 0.15) is 0 Å². The molecule has 0 aromatic carbocycles. The molecule has 1 unspecified atom stereocenters. The zero-order valence-corrected chi connectivity index (χ0v) is 16.5. The van der Waals surface area contributed by atoms with E-state index in [2.05, 4.69) is 5.32 Å². The lowest BCUT2D eigenvalue weighted by atomic mass is 9.78. The smallest absolute Gasteiger partial charge is 0.319 e. The molecule has 3 aliphatic rings. The minimum atomic E-state index is -0.0521. The number of piperidine rings is 1. The molecule has 2 aliphatic heterocycles. The normalized spacial score (nSPS) is 25.2. The number of likely N-dealkylation sites (tertiary alicyclic amines) is 1. The number of hydrogen-bond acceptors (Lipinski definition) is 3. The summed E-state index contributed by atoms with van der Waals surface area (Å²) in [5, 5.41) is 3.09. The predicted octanol–water partition coefficient (Wildman–Crippen LogP) is 2.63. The maximum atomic E-state index is 12.5. The Morgan fingerprint density at radius 1 is 1.15 bits per heavy atom. The van der Waals surface area contributed by atoms with Crippen LogP contribution in [-0.2, 0) is 9.53 Å². The van der Waals surface area contributed by atoms with E-state index in [1.807, 2.05) is 23.6 Å². The fourth-order valence-corrected chi connectivity index (χ4v) is 4.41. The number of ether oxygens (including phenoxy) is 1. The Bertz CT molecular complexity index is 495. The highest BCUT2D eigenvalue weighted by Crippen LogP contribution is 2.39. The number of rotatable bonds is 6. The number of hydrogen-bond donors (Lipinski definition) is 1. The van der Waals surface area contributed by atoms with Crippen molar-refractivity contribution in [2.24, 2.45) is 11.8 Å². The van der Waals surface area contributed by atoms with E-state index in [1.165, 1.54) is 0 Å². The molecule has 2 heterocycles. The lowest BCUT2D eigenvalue weighted by molar-refractivity contribution is -0.125. The van der Waals surface area contributed by atoms with E-state index in [4.69, 9.17) is 4.74 Å². The zero-order valence-electron chi connectivity index (χ0n) is 16.5. The van der Waals surface area contributed by atoms with E-state index in [0.717, 1.165) is 84.3 Å². The first-order chi connectivity index (χ1) is 12.6. The number of carbonyl (C=O) groups excluding carboxylic acids is 2. The van der Waals surface area contributed by atoms with Crippen molar-refractivity contribution >= 4 is 11.9 Å². The van der Waals surface area contributed by atoms with Crippen LogP contribution in [0.2, 0.25) is 0 Å². The molecule has 26 heavy (non-hydrogen) atoms. The van der Waals surface area contributed by atoms with Crippen molar-refractivity contribution in [3.05, 3.63) is 0 Å². The van der Waals surface area contributed by atoms with Gasteiger partial charge in [0.25, 0.3) is 0 Å². The van der Waals surface area contributed by atoms with Crippen molar-refractivity contribution in [3.8, 4) is 0 Å². The summed E-state index contributed by atoms with van der Waals surface area (Å²) in [5.41, 5.74) is -0.0521. The molecular formula is C20H35N3O3. The van der Waals surface area contributed by atoms with Crippen LogP contribution >= 0.6 is 0 Å². The van der Waals surface area contributed by atoms with Crippen molar-refractivity contribution in [2.45, 2.75) is 64.4 Å². The van der Waals surface area contributed by atoms with Crippen LogP contribution in [0.25, 0.3) is 0 Å². The largest absolute Gasteiger partial charge is 0.375 e. The summed E-state index contributed by atoms with van der Waals surface area (Å²) in [6.45, 7) is 8.78. The molecule has 2 saturated heterocycles. The molecule has 6 nitrogen and oxygen atoms in total. The molecule has 148 valence electrons. The number of amides is 3. The summed E-state index contributed by atoms with van der Waals surface area (Å²) in [7, 11) is 0. The highest BCUT2D eigenvalue weighted by atomic mass is 16.5. The van der Waals surface area contributed by atoms with Gasteiger partial charge < -0.3 is 19.9 Å². The van der Waals surface area contributed by atoms with Crippen LogP contribution in [0.3, 0.4) is 0 Å². The Morgan fingerprint density at radius 2 is 1.85 bits per heavy atom. The van der Waals surface area contributed by atoms with Crippen LogP contribution in [0.5, 0.6) is 0 Å². The summed E-state index contributed by atoms with van der Waals surface area (Å²) in [6, 6.07) is 0.167. The van der Waals surface area contributed by atoms with Gasteiger partial charge in [0, 0.05) is 45.2 Å². The van der Waals surface area contributed by atoms with Gasteiger partial charge in [0.2, 0.25) is 5.91 Å². The first-order valence-corrected chi connectivity index (χ1v) is 10.5. The minimum absolute atomic E-state index is 0.0521. The fourth-order valence-electron chi connectivity index (χ4n) is 4.41. The molecule has 0 aromatic rings. The van der Waals surface area contributed by atoms with Gasteiger partial charge in [-0.2, -0.15) is 0 Å². The maximum absolute atomic E-state index is 12.5. The van der Waals surface area contributed by atoms with Gasteiger partial charge in [-0.15, -0.1) is 0 Å². The van der Waals surface area contributed by atoms with Gasteiger partial charge in [-0.05, 0) is 64.7 Å². The van der Waals surface area contributed by atoms with Crippen LogP contribution < -0.4 is 5.32 Å².